The Kier molecular flexibility index (Phi) is 5.66. The summed E-state index contributed by atoms with van der Waals surface area (Å²) in [4.78, 5) is 24.4. The van der Waals surface area contributed by atoms with Crippen molar-refractivity contribution in [3.05, 3.63) is 29.8 Å². The lowest BCUT2D eigenvalue weighted by atomic mass is 10.1. The molecule has 9 heteroatoms. The summed E-state index contributed by atoms with van der Waals surface area (Å²) < 4.78 is 46.0. The van der Waals surface area contributed by atoms with Crippen LogP contribution in [0, 0.1) is 0 Å². The Labute approximate surface area is 135 Å². The largest absolute Gasteiger partial charge is 0.573 e. The highest BCUT2D eigenvalue weighted by Gasteiger charge is 2.32. The van der Waals surface area contributed by atoms with Gasteiger partial charge < -0.3 is 19.5 Å². The van der Waals surface area contributed by atoms with E-state index in [1.165, 1.54) is 23.1 Å². The van der Waals surface area contributed by atoms with Gasteiger partial charge in [0, 0.05) is 13.0 Å². The van der Waals surface area contributed by atoms with E-state index in [9.17, 15) is 22.8 Å². The maximum Gasteiger partial charge on any atom is 0.573 e. The maximum absolute atomic E-state index is 12.4. The van der Waals surface area contributed by atoms with Gasteiger partial charge in [0.25, 0.3) is 0 Å². The number of rotatable bonds is 5. The van der Waals surface area contributed by atoms with E-state index in [2.05, 4.69) is 4.74 Å². The molecule has 1 aliphatic rings. The molecule has 2 rings (SSSR count). The van der Waals surface area contributed by atoms with Crippen LogP contribution in [0.2, 0.25) is 0 Å². The minimum Gasteiger partial charge on any atom is -0.479 e. The minimum absolute atomic E-state index is 0.0510. The number of hydrogen-bond acceptors (Lipinski definition) is 4. The van der Waals surface area contributed by atoms with Gasteiger partial charge in [-0.15, -0.1) is 13.2 Å². The third-order valence-corrected chi connectivity index (χ3v) is 3.50. The van der Waals surface area contributed by atoms with Crippen LogP contribution in [-0.2, 0) is 20.7 Å². The van der Waals surface area contributed by atoms with Crippen molar-refractivity contribution in [2.45, 2.75) is 25.3 Å². The summed E-state index contributed by atoms with van der Waals surface area (Å²) in [5, 5.41) is 8.90. The average molecular weight is 347 g/mol. The predicted octanol–water partition coefficient (Wildman–Crippen LogP) is 1.83. The average Bonchev–Trinajstić information content (AvgIpc) is 2.52. The van der Waals surface area contributed by atoms with Crippen molar-refractivity contribution in [2.24, 2.45) is 0 Å². The van der Waals surface area contributed by atoms with Gasteiger partial charge in [-0.1, -0.05) is 18.2 Å². The van der Waals surface area contributed by atoms with Gasteiger partial charge in [-0.2, -0.15) is 0 Å². The van der Waals surface area contributed by atoms with Gasteiger partial charge in [0.05, 0.1) is 13.2 Å². The Morgan fingerprint density at radius 1 is 1.33 bits per heavy atom. The molecule has 1 fully saturated rings. The number of aliphatic carboxylic acids is 1. The number of carboxylic acids is 1. The SMILES string of the molecule is O=C(O)[C@H]1CN(C(=O)CCc2ccccc2OC(F)(F)F)CCO1. The zero-order valence-corrected chi connectivity index (χ0v) is 12.6. The van der Waals surface area contributed by atoms with Crippen molar-refractivity contribution in [3.8, 4) is 5.75 Å². The molecule has 0 bridgehead atoms. The first kappa shape index (κ1) is 18.1. The molecule has 132 valence electrons. The fourth-order valence-electron chi connectivity index (χ4n) is 2.36. The number of amides is 1. The number of nitrogens with zero attached hydrogens (tertiary/aromatic N) is 1. The molecule has 0 saturated carbocycles. The molecular weight excluding hydrogens is 331 g/mol. The predicted molar refractivity (Wildman–Crippen MR) is 75.4 cm³/mol. The molecule has 24 heavy (non-hydrogen) atoms. The first-order valence-corrected chi connectivity index (χ1v) is 7.22. The molecule has 1 N–H and O–H groups in total. The number of aryl methyl sites for hydroxylation is 1. The number of alkyl halides is 3. The topological polar surface area (TPSA) is 76.1 Å². The quantitative estimate of drug-likeness (QED) is 0.879. The number of morpholine rings is 1. The third-order valence-electron chi connectivity index (χ3n) is 3.50. The van der Waals surface area contributed by atoms with E-state index in [1.54, 1.807) is 6.07 Å². The van der Waals surface area contributed by atoms with E-state index >= 15 is 0 Å². The Morgan fingerprint density at radius 2 is 2.04 bits per heavy atom. The Balaban J connectivity index is 1.96. The van der Waals surface area contributed by atoms with Crippen LogP contribution in [0.4, 0.5) is 13.2 Å². The molecule has 0 aromatic heterocycles. The fraction of sp³-hybridized carbons (Fsp3) is 0.467. The fourth-order valence-corrected chi connectivity index (χ4v) is 2.36. The molecule has 1 amide bonds. The normalized spacial score (nSPS) is 18.3. The van der Waals surface area contributed by atoms with Crippen molar-refractivity contribution in [1.82, 2.24) is 4.90 Å². The van der Waals surface area contributed by atoms with Crippen molar-refractivity contribution >= 4 is 11.9 Å². The molecule has 1 saturated heterocycles. The summed E-state index contributed by atoms with van der Waals surface area (Å²) in [6.45, 7) is 0.286. The van der Waals surface area contributed by atoms with Crippen molar-refractivity contribution < 1.29 is 37.3 Å². The number of carbonyl (C=O) groups excluding carboxylic acids is 1. The lowest BCUT2D eigenvalue weighted by molar-refractivity contribution is -0.274. The third kappa shape index (κ3) is 5.12. The summed E-state index contributed by atoms with van der Waals surface area (Å²) in [5.74, 6) is -1.84. The van der Waals surface area contributed by atoms with Crippen LogP contribution in [0.15, 0.2) is 24.3 Å². The van der Waals surface area contributed by atoms with Gasteiger partial charge in [-0.25, -0.2) is 4.79 Å². The molecule has 0 spiro atoms. The molecule has 1 aromatic carbocycles. The van der Waals surface area contributed by atoms with E-state index in [-0.39, 0.29) is 49.8 Å². The molecule has 1 aromatic rings. The number of carbonyl (C=O) groups is 2. The summed E-state index contributed by atoms with van der Waals surface area (Å²) >= 11 is 0. The molecule has 6 nitrogen and oxygen atoms in total. The van der Waals surface area contributed by atoms with Gasteiger partial charge in [-0.3, -0.25) is 4.79 Å². The lowest BCUT2D eigenvalue weighted by Crippen LogP contribution is -2.48. The van der Waals surface area contributed by atoms with E-state index < -0.39 is 18.4 Å². The Bertz CT molecular complexity index is 605. The van der Waals surface area contributed by atoms with Crippen molar-refractivity contribution in [3.63, 3.8) is 0 Å². The van der Waals surface area contributed by atoms with Crippen LogP contribution in [0.3, 0.4) is 0 Å². The molecule has 1 heterocycles. The second kappa shape index (κ2) is 7.52. The molecular formula is C15H16F3NO5. The number of carboxylic acid groups (broad SMARTS) is 1. The van der Waals surface area contributed by atoms with Gasteiger partial charge in [0.15, 0.2) is 6.10 Å². The van der Waals surface area contributed by atoms with E-state index in [4.69, 9.17) is 9.84 Å². The summed E-state index contributed by atoms with van der Waals surface area (Å²) in [5.41, 5.74) is 0.256. The first-order chi connectivity index (χ1) is 11.3. The van der Waals surface area contributed by atoms with Crippen LogP contribution in [0.25, 0.3) is 0 Å². The summed E-state index contributed by atoms with van der Waals surface area (Å²) in [6, 6.07) is 5.60. The van der Waals surface area contributed by atoms with Gasteiger partial charge >= 0.3 is 12.3 Å². The minimum atomic E-state index is -4.81. The summed E-state index contributed by atoms with van der Waals surface area (Å²) in [6.07, 6.45) is -5.88. The van der Waals surface area contributed by atoms with E-state index in [0.717, 1.165) is 0 Å². The zero-order valence-electron chi connectivity index (χ0n) is 12.6. The number of hydrogen-bond donors (Lipinski definition) is 1. The van der Waals surface area contributed by atoms with Gasteiger partial charge in [-0.05, 0) is 18.1 Å². The van der Waals surface area contributed by atoms with Crippen LogP contribution in [0.1, 0.15) is 12.0 Å². The zero-order chi connectivity index (χ0) is 17.7. The number of ether oxygens (including phenoxy) is 2. The molecule has 1 aliphatic heterocycles. The second-order valence-electron chi connectivity index (χ2n) is 5.19. The Morgan fingerprint density at radius 3 is 2.71 bits per heavy atom. The highest BCUT2D eigenvalue weighted by atomic mass is 19.4. The highest BCUT2D eigenvalue weighted by molar-refractivity contribution is 5.79. The number of para-hydroxylation sites is 1. The maximum atomic E-state index is 12.4. The molecule has 0 radical (unpaired) electrons. The monoisotopic (exact) mass is 347 g/mol. The van der Waals surface area contributed by atoms with Crippen LogP contribution >= 0.6 is 0 Å². The van der Waals surface area contributed by atoms with Crippen molar-refractivity contribution in [1.29, 1.82) is 0 Å². The molecule has 0 unspecified atom stereocenters. The molecule has 1 atom stereocenters. The summed E-state index contributed by atoms with van der Waals surface area (Å²) in [7, 11) is 0. The van der Waals surface area contributed by atoms with E-state index in [1.807, 2.05) is 0 Å². The lowest BCUT2D eigenvalue weighted by Gasteiger charge is -2.31. The smallest absolute Gasteiger partial charge is 0.479 e. The first-order valence-electron chi connectivity index (χ1n) is 7.22. The molecule has 0 aliphatic carbocycles. The number of benzene rings is 1. The van der Waals surface area contributed by atoms with Crippen LogP contribution < -0.4 is 4.74 Å². The van der Waals surface area contributed by atoms with Crippen molar-refractivity contribution in [2.75, 3.05) is 19.7 Å². The van der Waals surface area contributed by atoms with Gasteiger partial charge in [0.2, 0.25) is 5.91 Å². The highest BCUT2D eigenvalue weighted by Crippen LogP contribution is 2.27. The number of halogens is 3. The van der Waals surface area contributed by atoms with E-state index in [0.29, 0.717) is 0 Å². The standard InChI is InChI=1S/C15H16F3NO5/c16-15(17,18)24-11-4-2-1-3-10(11)5-6-13(20)19-7-8-23-12(9-19)14(21)22/h1-4,12H,5-9H2,(H,21,22)/t12-/m1/s1. The van der Waals surface area contributed by atoms with Crippen LogP contribution in [0.5, 0.6) is 5.75 Å². The Hall–Kier alpha value is -2.29. The van der Waals surface area contributed by atoms with Crippen LogP contribution in [-0.4, -0.2) is 54.0 Å². The van der Waals surface area contributed by atoms with Gasteiger partial charge in [0.1, 0.15) is 5.75 Å². The second-order valence-corrected chi connectivity index (χ2v) is 5.19.